The molecule has 2 aromatic carbocycles. The number of nitrogens with zero attached hydrogens (tertiary/aromatic N) is 1. The maximum atomic E-state index is 12.3. The Morgan fingerprint density at radius 3 is 2.41 bits per heavy atom. The van der Waals surface area contributed by atoms with Crippen molar-refractivity contribution in [3.63, 3.8) is 0 Å². The molecule has 0 aliphatic carbocycles. The Labute approximate surface area is 158 Å². The Hall–Kier alpha value is -2.58. The zero-order valence-corrected chi connectivity index (χ0v) is 15.9. The van der Waals surface area contributed by atoms with Crippen LogP contribution in [0.4, 0.5) is 5.69 Å². The van der Waals surface area contributed by atoms with Crippen LogP contribution in [0.2, 0.25) is 0 Å². The molecule has 144 valence electrons. The van der Waals surface area contributed by atoms with Gasteiger partial charge in [0.05, 0.1) is 17.9 Å². The molecule has 0 aromatic heterocycles. The second kappa shape index (κ2) is 7.98. The van der Waals surface area contributed by atoms with Crippen molar-refractivity contribution >= 4 is 21.7 Å². The predicted octanol–water partition coefficient (Wildman–Crippen LogP) is 2.90. The van der Waals surface area contributed by atoms with E-state index in [4.69, 9.17) is 14.6 Å². The molecule has 0 radical (unpaired) electrons. The minimum atomic E-state index is -4.14. The van der Waals surface area contributed by atoms with E-state index in [1.807, 2.05) is 11.0 Å². The van der Waals surface area contributed by atoms with Gasteiger partial charge in [0.15, 0.2) is 5.75 Å². The number of ether oxygens (including phenoxy) is 2. The van der Waals surface area contributed by atoms with Gasteiger partial charge >= 0.3 is 5.97 Å². The Morgan fingerprint density at radius 2 is 1.81 bits per heavy atom. The van der Waals surface area contributed by atoms with Gasteiger partial charge in [0.25, 0.3) is 0 Å². The van der Waals surface area contributed by atoms with Gasteiger partial charge in [-0.25, -0.2) is 18.4 Å². The van der Waals surface area contributed by atoms with Crippen LogP contribution in [0.15, 0.2) is 47.4 Å². The second-order valence-electron chi connectivity index (χ2n) is 6.20. The molecule has 2 N–H and O–H groups in total. The number of primary sulfonamides is 1. The molecule has 0 saturated carbocycles. The summed E-state index contributed by atoms with van der Waals surface area (Å²) in [7, 11) is -4.14. The lowest BCUT2D eigenvalue weighted by Crippen LogP contribution is -2.22. The van der Waals surface area contributed by atoms with Crippen LogP contribution in [0.1, 0.15) is 30.1 Å². The van der Waals surface area contributed by atoms with Crippen molar-refractivity contribution in [1.82, 2.24) is 0 Å². The smallest absolute Gasteiger partial charge is 0.338 e. The standard InChI is InChI=1S/C19H22N2O5S/c1-2-25-19(22)14-12-16(21-10-6-7-11-21)18(17(13-14)27(20,23)24)26-15-8-4-3-5-9-15/h3-5,8-9,12-13H,2,6-7,10-11H2,1H3,(H2,20,23,24). The quantitative estimate of drug-likeness (QED) is 0.762. The molecule has 0 spiro atoms. The summed E-state index contributed by atoms with van der Waals surface area (Å²) in [6.07, 6.45) is 1.94. The Bertz CT molecular complexity index is 923. The van der Waals surface area contributed by atoms with Gasteiger partial charge in [-0.2, -0.15) is 0 Å². The number of hydrogen-bond acceptors (Lipinski definition) is 6. The lowest BCUT2D eigenvalue weighted by molar-refractivity contribution is 0.0526. The number of esters is 1. The fourth-order valence-corrected chi connectivity index (χ4v) is 3.73. The van der Waals surface area contributed by atoms with Gasteiger partial charge in [0, 0.05) is 13.1 Å². The number of carbonyl (C=O) groups excluding carboxylic acids is 1. The van der Waals surface area contributed by atoms with E-state index in [2.05, 4.69) is 0 Å². The van der Waals surface area contributed by atoms with Gasteiger partial charge in [-0.05, 0) is 44.0 Å². The number of nitrogens with two attached hydrogens (primary N) is 1. The van der Waals surface area contributed by atoms with Crippen molar-refractivity contribution in [3.8, 4) is 11.5 Å². The molecule has 1 saturated heterocycles. The number of sulfonamides is 1. The first-order valence-corrected chi connectivity index (χ1v) is 10.3. The zero-order chi connectivity index (χ0) is 19.4. The highest BCUT2D eigenvalue weighted by atomic mass is 32.2. The Morgan fingerprint density at radius 1 is 1.15 bits per heavy atom. The van der Waals surface area contributed by atoms with Crippen molar-refractivity contribution < 1.29 is 22.7 Å². The third kappa shape index (κ3) is 4.40. The van der Waals surface area contributed by atoms with E-state index in [0.717, 1.165) is 25.9 Å². The van der Waals surface area contributed by atoms with Crippen molar-refractivity contribution in [1.29, 1.82) is 0 Å². The summed E-state index contributed by atoms with van der Waals surface area (Å²) in [6, 6.07) is 11.7. The molecule has 27 heavy (non-hydrogen) atoms. The Kier molecular flexibility index (Phi) is 5.67. The molecule has 0 amide bonds. The molecular formula is C19H22N2O5S. The number of benzene rings is 2. The van der Waals surface area contributed by atoms with E-state index in [0.29, 0.717) is 11.4 Å². The van der Waals surface area contributed by atoms with Gasteiger partial charge in [-0.3, -0.25) is 0 Å². The van der Waals surface area contributed by atoms with Crippen LogP contribution in [-0.4, -0.2) is 34.1 Å². The summed E-state index contributed by atoms with van der Waals surface area (Å²) in [5, 5.41) is 5.44. The summed E-state index contributed by atoms with van der Waals surface area (Å²) >= 11 is 0. The average Bonchev–Trinajstić information content (AvgIpc) is 3.16. The molecule has 1 aliphatic rings. The first kappa shape index (κ1) is 19.2. The number of para-hydroxylation sites is 1. The van der Waals surface area contributed by atoms with E-state index in [1.165, 1.54) is 6.07 Å². The SMILES string of the molecule is CCOC(=O)c1cc(N2CCCC2)c(Oc2ccccc2)c(S(N)(=O)=O)c1. The lowest BCUT2D eigenvalue weighted by Gasteiger charge is -2.24. The average molecular weight is 390 g/mol. The van der Waals surface area contributed by atoms with Crippen LogP contribution in [0.5, 0.6) is 11.5 Å². The van der Waals surface area contributed by atoms with E-state index in [1.54, 1.807) is 37.3 Å². The molecule has 1 aliphatic heterocycles. The third-order valence-corrected chi connectivity index (χ3v) is 5.18. The highest BCUT2D eigenvalue weighted by Crippen LogP contribution is 2.40. The van der Waals surface area contributed by atoms with Gasteiger partial charge in [-0.15, -0.1) is 0 Å². The van der Waals surface area contributed by atoms with Crippen LogP contribution < -0.4 is 14.8 Å². The summed E-state index contributed by atoms with van der Waals surface area (Å²) in [5.41, 5.74) is 0.647. The minimum Gasteiger partial charge on any atom is -0.462 e. The zero-order valence-electron chi connectivity index (χ0n) is 15.1. The van der Waals surface area contributed by atoms with Crippen LogP contribution in [0, 0.1) is 0 Å². The van der Waals surface area contributed by atoms with Crippen LogP contribution in [-0.2, 0) is 14.8 Å². The largest absolute Gasteiger partial charge is 0.462 e. The first-order valence-electron chi connectivity index (χ1n) is 8.76. The summed E-state index contributed by atoms with van der Waals surface area (Å²) in [4.78, 5) is 14.0. The third-order valence-electron chi connectivity index (χ3n) is 4.26. The molecule has 2 aromatic rings. The number of anilines is 1. The molecule has 0 bridgehead atoms. The fourth-order valence-electron chi connectivity index (χ4n) is 3.03. The molecule has 7 nitrogen and oxygen atoms in total. The molecule has 8 heteroatoms. The summed E-state index contributed by atoms with van der Waals surface area (Å²) in [6.45, 7) is 3.35. The molecule has 1 heterocycles. The topological polar surface area (TPSA) is 98.9 Å². The van der Waals surface area contributed by atoms with Crippen LogP contribution >= 0.6 is 0 Å². The molecule has 0 unspecified atom stereocenters. The van der Waals surface area contributed by atoms with Crippen molar-refractivity contribution in [3.05, 3.63) is 48.0 Å². The van der Waals surface area contributed by atoms with Crippen molar-refractivity contribution in [2.45, 2.75) is 24.7 Å². The first-order chi connectivity index (χ1) is 12.9. The molecule has 0 atom stereocenters. The van der Waals surface area contributed by atoms with E-state index < -0.39 is 16.0 Å². The number of carbonyl (C=O) groups is 1. The fraction of sp³-hybridized carbons (Fsp3) is 0.316. The predicted molar refractivity (Wildman–Crippen MR) is 102 cm³/mol. The van der Waals surface area contributed by atoms with E-state index >= 15 is 0 Å². The normalized spacial score (nSPS) is 14.2. The second-order valence-corrected chi connectivity index (χ2v) is 7.73. The van der Waals surface area contributed by atoms with Gasteiger partial charge in [-0.1, -0.05) is 18.2 Å². The summed E-state index contributed by atoms with van der Waals surface area (Å²) in [5.74, 6) is -0.000474. The lowest BCUT2D eigenvalue weighted by atomic mass is 10.1. The number of hydrogen-bond donors (Lipinski definition) is 1. The minimum absolute atomic E-state index is 0.124. The molecular weight excluding hydrogens is 368 g/mol. The Balaban J connectivity index is 2.19. The molecule has 1 fully saturated rings. The van der Waals surface area contributed by atoms with Gasteiger partial charge in [0.2, 0.25) is 10.0 Å². The van der Waals surface area contributed by atoms with Crippen molar-refractivity contribution in [2.24, 2.45) is 5.14 Å². The van der Waals surface area contributed by atoms with Gasteiger partial charge < -0.3 is 14.4 Å². The maximum absolute atomic E-state index is 12.3. The van der Waals surface area contributed by atoms with Crippen molar-refractivity contribution in [2.75, 3.05) is 24.6 Å². The maximum Gasteiger partial charge on any atom is 0.338 e. The highest BCUT2D eigenvalue weighted by Gasteiger charge is 2.27. The molecule has 3 rings (SSSR count). The number of rotatable bonds is 6. The highest BCUT2D eigenvalue weighted by molar-refractivity contribution is 7.89. The van der Waals surface area contributed by atoms with E-state index in [-0.39, 0.29) is 22.8 Å². The van der Waals surface area contributed by atoms with Crippen LogP contribution in [0.3, 0.4) is 0 Å². The van der Waals surface area contributed by atoms with Gasteiger partial charge in [0.1, 0.15) is 10.6 Å². The van der Waals surface area contributed by atoms with E-state index in [9.17, 15) is 13.2 Å². The van der Waals surface area contributed by atoms with Crippen LogP contribution in [0.25, 0.3) is 0 Å². The summed E-state index contributed by atoms with van der Waals surface area (Å²) < 4.78 is 35.5. The monoisotopic (exact) mass is 390 g/mol.